The van der Waals surface area contributed by atoms with Crippen LogP contribution in [0.15, 0.2) is 0 Å². The second-order valence-electron chi connectivity index (χ2n) is 5.60. The van der Waals surface area contributed by atoms with Crippen molar-refractivity contribution in [1.29, 1.82) is 0 Å². The molecule has 1 amide bonds. The van der Waals surface area contributed by atoms with Crippen molar-refractivity contribution in [3.63, 3.8) is 0 Å². The molecule has 0 spiro atoms. The number of amides is 1. The van der Waals surface area contributed by atoms with E-state index < -0.39 is 0 Å². The van der Waals surface area contributed by atoms with E-state index >= 15 is 0 Å². The van der Waals surface area contributed by atoms with Gasteiger partial charge in [0.25, 0.3) is 0 Å². The molecule has 1 aliphatic carbocycles. The quantitative estimate of drug-likeness (QED) is 0.642. The fraction of sp³-hybridized carbons (Fsp3) is 0.909. The number of hydrogen-bond donors (Lipinski definition) is 0. The minimum atomic E-state index is 0.314. The lowest BCUT2D eigenvalue weighted by Gasteiger charge is -2.18. The van der Waals surface area contributed by atoms with E-state index in [1.54, 1.807) is 4.90 Å². The summed E-state index contributed by atoms with van der Waals surface area (Å²) in [6.45, 7) is 6.72. The highest BCUT2D eigenvalue weighted by Gasteiger charge is 2.44. The zero-order valence-corrected chi connectivity index (χ0v) is 9.42. The van der Waals surface area contributed by atoms with E-state index in [0.29, 0.717) is 23.2 Å². The van der Waals surface area contributed by atoms with Crippen LogP contribution >= 0.6 is 0 Å². The van der Waals surface area contributed by atoms with Crippen molar-refractivity contribution in [3.8, 4) is 0 Å². The number of nitrogens with zero attached hydrogens (tertiary/aromatic N) is 1. The Morgan fingerprint density at radius 2 is 1.92 bits per heavy atom. The standard InChI is InChI=1S/C11H21NO/c1-11(2,3)7-8-6-9(8)10(13)12(4)5/h8-9H,6-7H2,1-5H3. The molecule has 2 atom stereocenters. The van der Waals surface area contributed by atoms with Crippen LogP contribution in [0.2, 0.25) is 0 Å². The molecule has 0 aromatic carbocycles. The van der Waals surface area contributed by atoms with Gasteiger partial charge in [0.1, 0.15) is 0 Å². The van der Waals surface area contributed by atoms with E-state index in [4.69, 9.17) is 0 Å². The van der Waals surface area contributed by atoms with Crippen LogP contribution in [0.25, 0.3) is 0 Å². The van der Waals surface area contributed by atoms with E-state index in [9.17, 15) is 4.79 Å². The Bertz CT molecular complexity index is 203. The van der Waals surface area contributed by atoms with Gasteiger partial charge in [-0.2, -0.15) is 0 Å². The monoisotopic (exact) mass is 183 g/mol. The Kier molecular flexibility index (Phi) is 2.69. The molecule has 1 aliphatic rings. The van der Waals surface area contributed by atoms with Crippen LogP contribution in [-0.4, -0.2) is 24.9 Å². The zero-order chi connectivity index (χ0) is 10.2. The molecular formula is C11H21NO. The second-order valence-corrected chi connectivity index (χ2v) is 5.60. The van der Waals surface area contributed by atoms with Crippen LogP contribution in [0.1, 0.15) is 33.6 Å². The third-order valence-electron chi connectivity index (χ3n) is 2.56. The Morgan fingerprint density at radius 1 is 1.38 bits per heavy atom. The van der Waals surface area contributed by atoms with Crippen LogP contribution in [-0.2, 0) is 4.79 Å². The summed E-state index contributed by atoms with van der Waals surface area (Å²) >= 11 is 0. The van der Waals surface area contributed by atoms with Gasteiger partial charge in [0.05, 0.1) is 0 Å². The van der Waals surface area contributed by atoms with Gasteiger partial charge >= 0.3 is 0 Å². The smallest absolute Gasteiger partial charge is 0.225 e. The summed E-state index contributed by atoms with van der Waals surface area (Å²) in [4.78, 5) is 13.2. The van der Waals surface area contributed by atoms with E-state index in [0.717, 1.165) is 6.42 Å². The first-order valence-electron chi connectivity index (χ1n) is 5.02. The first-order valence-corrected chi connectivity index (χ1v) is 5.02. The maximum Gasteiger partial charge on any atom is 0.225 e. The van der Waals surface area contributed by atoms with Crippen LogP contribution in [0, 0.1) is 17.3 Å². The molecule has 0 N–H and O–H groups in total. The summed E-state index contributed by atoms with van der Waals surface area (Å²) in [5.74, 6) is 1.29. The molecule has 76 valence electrons. The van der Waals surface area contributed by atoms with Gasteiger partial charge in [-0.3, -0.25) is 4.79 Å². The van der Waals surface area contributed by atoms with Crippen molar-refractivity contribution in [2.24, 2.45) is 17.3 Å². The molecule has 0 heterocycles. The van der Waals surface area contributed by atoms with Gasteiger partial charge in [-0.25, -0.2) is 0 Å². The lowest BCUT2D eigenvalue weighted by atomic mass is 9.89. The Morgan fingerprint density at radius 3 is 2.31 bits per heavy atom. The molecule has 13 heavy (non-hydrogen) atoms. The Labute approximate surface area is 81.3 Å². The molecule has 1 saturated carbocycles. The van der Waals surface area contributed by atoms with Crippen molar-refractivity contribution in [3.05, 3.63) is 0 Å². The molecule has 1 fully saturated rings. The molecule has 1 rings (SSSR count). The largest absolute Gasteiger partial charge is 0.349 e. The lowest BCUT2D eigenvalue weighted by Crippen LogP contribution is -2.24. The van der Waals surface area contributed by atoms with Crippen LogP contribution in [0.3, 0.4) is 0 Å². The van der Waals surface area contributed by atoms with Crippen LogP contribution in [0.4, 0.5) is 0 Å². The predicted molar refractivity (Wildman–Crippen MR) is 54.4 cm³/mol. The predicted octanol–water partition coefficient (Wildman–Crippen LogP) is 2.15. The average molecular weight is 183 g/mol. The molecule has 0 aliphatic heterocycles. The fourth-order valence-electron chi connectivity index (χ4n) is 1.89. The molecule has 0 aromatic rings. The SMILES string of the molecule is CN(C)C(=O)C1CC1CC(C)(C)C. The van der Waals surface area contributed by atoms with Gasteiger partial charge in [0.15, 0.2) is 0 Å². The maximum atomic E-state index is 11.5. The summed E-state index contributed by atoms with van der Waals surface area (Å²) in [5, 5.41) is 0. The first kappa shape index (κ1) is 10.6. The summed E-state index contributed by atoms with van der Waals surface area (Å²) in [6.07, 6.45) is 2.28. The van der Waals surface area contributed by atoms with Crippen molar-refractivity contribution in [2.75, 3.05) is 14.1 Å². The lowest BCUT2D eigenvalue weighted by molar-refractivity contribution is -0.130. The van der Waals surface area contributed by atoms with Crippen molar-refractivity contribution >= 4 is 5.91 Å². The molecule has 2 nitrogen and oxygen atoms in total. The first-order chi connectivity index (χ1) is 5.81. The van der Waals surface area contributed by atoms with Crippen molar-refractivity contribution < 1.29 is 4.79 Å². The van der Waals surface area contributed by atoms with E-state index in [-0.39, 0.29) is 0 Å². The highest BCUT2D eigenvalue weighted by atomic mass is 16.2. The summed E-state index contributed by atoms with van der Waals surface area (Å²) in [6, 6.07) is 0. The summed E-state index contributed by atoms with van der Waals surface area (Å²) in [7, 11) is 3.68. The van der Waals surface area contributed by atoms with E-state index in [1.165, 1.54) is 6.42 Å². The Balaban J connectivity index is 2.35. The minimum Gasteiger partial charge on any atom is -0.349 e. The molecule has 0 aromatic heterocycles. The van der Waals surface area contributed by atoms with Crippen LogP contribution in [0.5, 0.6) is 0 Å². The van der Waals surface area contributed by atoms with Crippen molar-refractivity contribution in [1.82, 2.24) is 4.90 Å². The molecule has 0 saturated heterocycles. The number of rotatable bonds is 2. The highest BCUT2D eigenvalue weighted by molar-refractivity contribution is 5.81. The fourth-order valence-corrected chi connectivity index (χ4v) is 1.89. The molecule has 0 bridgehead atoms. The number of hydrogen-bond acceptors (Lipinski definition) is 1. The van der Waals surface area contributed by atoms with E-state index in [1.807, 2.05) is 14.1 Å². The molecule has 2 unspecified atom stereocenters. The normalized spacial score (nSPS) is 27.2. The molecule has 0 radical (unpaired) electrons. The van der Waals surface area contributed by atoms with Gasteiger partial charge < -0.3 is 4.90 Å². The summed E-state index contributed by atoms with van der Waals surface area (Å²) in [5.41, 5.74) is 0.367. The van der Waals surface area contributed by atoms with Crippen molar-refractivity contribution in [2.45, 2.75) is 33.6 Å². The second kappa shape index (κ2) is 3.32. The summed E-state index contributed by atoms with van der Waals surface area (Å²) < 4.78 is 0. The number of carbonyl (C=O) groups excluding carboxylic acids is 1. The van der Waals surface area contributed by atoms with Gasteiger partial charge in [-0.1, -0.05) is 20.8 Å². The molecular weight excluding hydrogens is 162 g/mol. The van der Waals surface area contributed by atoms with Gasteiger partial charge in [0.2, 0.25) is 5.91 Å². The third kappa shape index (κ3) is 3.02. The third-order valence-corrected chi connectivity index (χ3v) is 2.56. The van der Waals surface area contributed by atoms with Gasteiger partial charge in [-0.15, -0.1) is 0 Å². The zero-order valence-electron chi connectivity index (χ0n) is 9.42. The van der Waals surface area contributed by atoms with Crippen LogP contribution < -0.4 is 0 Å². The van der Waals surface area contributed by atoms with Gasteiger partial charge in [-0.05, 0) is 24.2 Å². The maximum absolute atomic E-state index is 11.5. The van der Waals surface area contributed by atoms with Gasteiger partial charge in [0, 0.05) is 20.0 Å². The Hall–Kier alpha value is -0.530. The minimum absolute atomic E-state index is 0.314. The number of carbonyl (C=O) groups is 1. The highest BCUT2D eigenvalue weighted by Crippen LogP contribution is 2.46. The van der Waals surface area contributed by atoms with E-state index in [2.05, 4.69) is 20.8 Å². The average Bonchev–Trinajstić information content (AvgIpc) is 2.62. The molecule has 2 heteroatoms. The topological polar surface area (TPSA) is 20.3 Å².